The van der Waals surface area contributed by atoms with Crippen LogP contribution in [0.25, 0.3) is 0 Å². The summed E-state index contributed by atoms with van der Waals surface area (Å²) in [6.45, 7) is -1.02. The molecule has 0 unspecified atom stereocenters. The summed E-state index contributed by atoms with van der Waals surface area (Å²) in [5.74, 6) is 5.18. The third-order valence-corrected chi connectivity index (χ3v) is 3.50. The zero-order valence-corrected chi connectivity index (χ0v) is 10.7. The minimum absolute atomic E-state index is 0.131. The van der Waals surface area contributed by atoms with Crippen LogP contribution in [0.3, 0.4) is 0 Å². The van der Waals surface area contributed by atoms with E-state index in [1.54, 1.807) is 0 Å². The molecule has 108 valence electrons. The second-order valence-corrected chi connectivity index (χ2v) is 5.12. The highest BCUT2D eigenvalue weighted by molar-refractivity contribution is 7.89. The van der Waals surface area contributed by atoms with Crippen molar-refractivity contribution < 1.29 is 21.9 Å². The van der Waals surface area contributed by atoms with Gasteiger partial charge in [0, 0.05) is 18.9 Å². The Morgan fingerprint density at radius 2 is 2.21 bits per heavy atom. The molecular formula is C9H14F2N4O3S. The highest BCUT2D eigenvalue weighted by atomic mass is 32.2. The van der Waals surface area contributed by atoms with Crippen LogP contribution >= 0.6 is 0 Å². The van der Waals surface area contributed by atoms with E-state index in [4.69, 9.17) is 5.84 Å². The van der Waals surface area contributed by atoms with Gasteiger partial charge in [-0.05, 0) is 6.07 Å². The van der Waals surface area contributed by atoms with Gasteiger partial charge in [-0.1, -0.05) is 0 Å². The fraction of sp³-hybridized carbons (Fsp3) is 0.444. The Kier molecular flexibility index (Phi) is 6.02. The number of nitrogens with one attached hydrogen (secondary N) is 2. The van der Waals surface area contributed by atoms with Crippen molar-refractivity contribution in [3.8, 4) is 0 Å². The topological polar surface area (TPSA) is 106 Å². The molecule has 10 heteroatoms. The van der Waals surface area contributed by atoms with Gasteiger partial charge in [0.2, 0.25) is 10.0 Å². The molecule has 0 aliphatic rings. The fourth-order valence-corrected chi connectivity index (χ4v) is 2.34. The van der Waals surface area contributed by atoms with Crippen molar-refractivity contribution >= 4 is 15.7 Å². The Hall–Kier alpha value is -1.36. The number of nitrogens with zero attached hydrogens (tertiary/aromatic N) is 1. The molecule has 7 nitrogen and oxygen atoms in total. The van der Waals surface area contributed by atoms with E-state index in [9.17, 15) is 17.2 Å². The van der Waals surface area contributed by atoms with Crippen LogP contribution in [-0.2, 0) is 14.8 Å². The molecule has 0 aliphatic carbocycles. The summed E-state index contributed by atoms with van der Waals surface area (Å²) in [6.07, 6.45) is -0.0831. The van der Waals surface area contributed by atoms with Gasteiger partial charge in [-0.2, -0.15) is 0 Å². The van der Waals surface area contributed by atoms with Crippen LogP contribution in [-0.4, -0.2) is 39.6 Å². The lowest BCUT2D eigenvalue weighted by Crippen LogP contribution is -2.29. The van der Waals surface area contributed by atoms with Gasteiger partial charge in [0.25, 0.3) is 6.43 Å². The lowest BCUT2D eigenvalue weighted by molar-refractivity contribution is 0.0199. The van der Waals surface area contributed by atoms with E-state index < -0.39 is 23.1 Å². The van der Waals surface area contributed by atoms with Crippen LogP contribution in [0.1, 0.15) is 0 Å². The molecule has 0 fully saturated rings. The molecule has 0 aromatic carbocycles. The number of nitrogens with two attached hydrogens (primary N) is 1. The number of sulfonamides is 1. The first-order chi connectivity index (χ1) is 8.97. The molecule has 0 radical (unpaired) electrons. The molecule has 0 amide bonds. The lowest BCUT2D eigenvalue weighted by Gasteiger charge is -2.10. The Bertz CT molecular complexity index is 498. The second-order valence-electron chi connectivity index (χ2n) is 3.38. The molecular weight excluding hydrogens is 282 g/mol. The third-order valence-electron chi connectivity index (χ3n) is 2.01. The summed E-state index contributed by atoms with van der Waals surface area (Å²) < 4.78 is 54.0. The number of aromatic nitrogens is 1. The second kappa shape index (κ2) is 7.28. The van der Waals surface area contributed by atoms with Crippen LogP contribution in [0.15, 0.2) is 23.4 Å². The van der Waals surface area contributed by atoms with Gasteiger partial charge in [-0.15, -0.1) is 0 Å². The van der Waals surface area contributed by atoms with Crippen molar-refractivity contribution in [1.82, 2.24) is 9.71 Å². The van der Waals surface area contributed by atoms with Crippen molar-refractivity contribution in [2.75, 3.05) is 25.2 Å². The molecule has 19 heavy (non-hydrogen) atoms. The summed E-state index contributed by atoms with van der Waals surface area (Å²) in [6, 6.07) is 1.39. The number of hydrazine groups is 1. The number of hydrogen-bond acceptors (Lipinski definition) is 6. The number of ether oxygens (including phenoxy) is 1. The van der Waals surface area contributed by atoms with Crippen LogP contribution in [0.2, 0.25) is 0 Å². The van der Waals surface area contributed by atoms with Crippen LogP contribution in [0.5, 0.6) is 0 Å². The lowest BCUT2D eigenvalue weighted by atomic mass is 10.4. The summed E-state index contributed by atoms with van der Waals surface area (Å²) in [5, 5.41) is 0. The van der Waals surface area contributed by atoms with Gasteiger partial charge in [-0.25, -0.2) is 21.9 Å². The van der Waals surface area contributed by atoms with Crippen molar-refractivity contribution in [2.45, 2.75) is 11.3 Å². The maximum Gasteiger partial charge on any atom is 0.261 e. The number of pyridine rings is 1. The summed E-state index contributed by atoms with van der Waals surface area (Å²) in [7, 11) is -3.83. The third kappa shape index (κ3) is 5.03. The van der Waals surface area contributed by atoms with E-state index in [2.05, 4.69) is 19.9 Å². The van der Waals surface area contributed by atoms with E-state index in [1.165, 1.54) is 12.3 Å². The van der Waals surface area contributed by atoms with Crippen molar-refractivity contribution in [3.63, 3.8) is 0 Å². The molecule has 1 aromatic rings. The fourth-order valence-electron chi connectivity index (χ4n) is 1.21. The molecule has 1 aromatic heterocycles. The molecule has 0 saturated carbocycles. The normalized spacial score (nSPS) is 11.8. The van der Waals surface area contributed by atoms with Crippen LogP contribution in [0, 0.1) is 0 Å². The van der Waals surface area contributed by atoms with Gasteiger partial charge in [0.1, 0.15) is 11.5 Å². The van der Waals surface area contributed by atoms with E-state index in [-0.39, 0.29) is 23.7 Å². The quantitative estimate of drug-likeness (QED) is 0.352. The Balaban J connectivity index is 2.56. The first kappa shape index (κ1) is 15.7. The maximum absolute atomic E-state index is 11.9. The standard InChI is InChI=1S/C9H14F2N4O3S/c10-9(11)6-18-4-3-14-19(16,17)8-5-13-2-1-7(8)15-12/h1-2,5,9,14H,3-4,6,12H2,(H,13,15). The van der Waals surface area contributed by atoms with Gasteiger partial charge in [0.05, 0.1) is 12.3 Å². The first-order valence-corrected chi connectivity index (χ1v) is 6.72. The molecule has 0 spiro atoms. The smallest absolute Gasteiger partial charge is 0.261 e. The SMILES string of the molecule is NNc1ccncc1S(=O)(=O)NCCOCC(F)F. The molecule has 0 saturated heterocycles. The summed E-state index contributed by atoms with van der Waals surface area (Å²) in [5.41, 5.74) is 2.41. The van der Waals surface area contributed by atoms with Gasteiger partial charge in [0.15, 0.2) is 0 Å². The average molecular weight is 296 g/mol. The zero-order valence-electron chi connectivity index (χ0n) is 9.84. The van der Waals surface area contributed by atoms with Crippen molar-refractivity contribution in [3.05, 3.63) is 18.5 Å². The van der Waals surface area contributed by atoms with Crippen molar-refractivity contribution in [1.29, 1.82) is 0 Å². The Morgan fingerprint density at radius 1 is 1.47 bits per heavy atom. The summed E-state index contributed by atoms with van der Waals surface area (Å²) in [4.78, 5) is 3.55. The molecule has 0 aliphatic heterocycles. The predicted octanol–water partition coefficient (Wildman–Crippen LogP) is -0.0728. The van der Waals surface area contributed by atoms with Gasteiger partial charge >= 0.3 is 0 Å². The van der Waals surface area contributed by atoms with E-state index in [0.717, 1.165) is 6.20 Å². The number of anilines is 1. The zero-order chi connectivity index (χ0) is 14.3. The number of hydrogen-bond donors (Lipinski definition) is 3. The monoisotopic (exact) mass is 296 g/mol. The number of halogens is 2. The van der Waals surface area contributed by atoms with Crippen LogP contribution < -0.4 is 16.0 Å². The first-order valence-electron chi connectivity index (χ1n) is 5.23. The van der Waals surface area contributed by atoms with E-state index in [0.29, 0.717) is 0 Å². The molecule has 1 heterocycles. The molecule has 1 rings (SSSR count). The van der Waals surface area contributed by atoms with E-state index >= 15 is 0 Å². The van der Waals surface area contributed by atoms with E-state index in [1.807, 2.05) is 0 Å². The number of nitrogen functional groups attached to an aromatic ring is 1. The summed E-state index contributed by atoms with van der Waals surface area (Å²) >= 11 is 0. The maximum atomic E-state index is 11.9. The largest absolute Gasteiger partial charge is 0.374 e. The minimum Gasteiger partial charge on any atom is -0.374 e. The number of rotatable bonds is 8. The Labute approximate surface area is 109 Å². The molecule has 0 atom stereocenters. The van der Waals surface area contributed by atoms with Gasteiger partial charge in [-0.3, -0.25) is 10.8 Å². The molecule has 4 N–H and O–H groups in total. The number of alkyl halides is 2. The molecule has 0 bridgehead atoms. The van der Waals surface area contributed by atoms with Gasteiger partial charge < -0.3 is 10.2 Å². The predicted molar refractivity (Wildman–Crippen MR) is 64.1 cm³/mol. The average Bonchev–Trinajstić information content (AvgIpc) is 2.37. The van der Waals surface area contributed by atoms with Crippen molar-refractivity contribution in [2.24, 2.45) is 5.84 Å². The highest BCUT2D eigenvalue weighted by Gasteiger charge is 2.17. The highest BCUT2D eigenvalue weighted by Crippen LogP contribution is 2.17. The Morgan fingerprint density at radius 3 is 2.84 bits per heavy atom. The van der Waals surface area contributed by atoms with Crippen LogP contribution in [0.4, 0.5) is 14.5 Å². The minimum atomic E-state index is -3.83.